The number of hydrogen-bond acceptors (Lipinski definition) is 6. The van der Waals surface area contributed by atoms with Crippen molar-refractivity contribution in [1.82, 2.24) is 14.8 Å². The van der Waals surface area contributed by atoms with Crippen molar-refractivity contribution in [3.63, 3.8) is 0 Å². The third-order valence-corrected chi connectivity index (χ3v) is 6.02. The smallest absolute Gasteiger partial charge is 0.410 e. The number of ether oxygens (including phenoxy) is 1. The van der Waals surface area contributed by atoms with E-state index >= 15 is 0 Å². The molecule has 3 aromatic rings. The number of para-hydroxylation sites is 2. The molecule has 0 saturated carbocycles. The molecule has 3 N–H and O–H groups in total. The molecular formula is C28H35N5O3. The molecule has 0 radical (unpaired) electrons. The van der Waals surface area contributed by atoms with E-state index < -0.39 is 6.10 Å². The zero-order chi connectivity index (χ0) is 26.1. The van der Waals surface area contributed by atoms with Gasteiger partial charge in [-0.15, -0.1) is 0 Å². The van der Waals surface area contributed by atoms with E-state index in [2.05, 4.69) is 10.3 Å². The highest BCUT2D eigenvalue weighted by atomic mass is 16.6. The summed E-state index contributed by atoms with van der Waals surface area (Å²) in [4.78, 5) is 33.9. The molecule has 1 aromatic heterocycles. The Labute approximate surface area is 213 Å². The summed E-state index contributed by atoms with van der Waals surface area (Å²) in [6.07, 6.45) is 3.25. The molecule has 0 saturated heterocycles. The van der Waals surface area contributed by atoms with Crippen LogP contribution in [0.4, 0.5) is 16.2 Å². The van der Waals surface area contributed by atoms with Gasteiger partial charge in [0.15, 0.2) is 0 Å². The molecule has 0 aliphatic heterocycles. The molecule has 0 fully saturated rings. The van der Waals surface area contributed by atoms with Crippen molar-refractivity contribution in [3.8, 4) is 0 Å². The summed E-state index contributed by atoms with van der Waals surface area (Å²) in [5.74, 6) is -0.260. The molecule has 8 nitrogen and oxygen atoms in total. The quantitative estimate of drug-likeness (QED) is 0.383. The number of hydrogen-bond donors (Lipinski definition) is 2. The Bertz CT molecular complexity index is 1140. The maximum Gasteiger partial charge on any atom is 0.410 e. The SMILES string of the molecule is CC[C@H](OC(=O)N(CCN(C)C)C(C)c1cccnc1)c1ccc(C(=O)Nc2ccccc2N)cc1. The Morgan fingerprint density at radius 2 is 1.72 bits per heavy atom. The summed E-state index contributed by atoms with van der Waals surface area (Å²) in [5, 5.41) is 2.82. The van der Waals surface area contributed by atoms with Gasteiger partial charge < -0.3 is 25.6 Å². The lowest BCUT2D eigenvalue weighted by Crippen LogP contribution is -2.39. The number of nitrogens with zero attached hydrogens (tertiary/aromatic N) is 3. The number of likely N-dealkylation sites (N-methyl/N-ethyl adjacent to an activating group) is 1. The van der Waals surface area contributed by atoms with E-state index in [1.807, 2.05) is 69.2 Å². The molecule has 0 bridgehead atoms. The number of rotatable bonds is 10. The fourth-order valence-corrected chi connectivity index (χ4v) is 3.78. The number of pyridine rings is 1. The first-order valence-corrected chi connectivity index (χ1v) is 12.1. The van der Waals surface area contributed by atoms with Gasteiger partial charge in [0, 0.05) is 31.0 Å². The highest BCUT2D eigenvalue weighted by molar-refractivity contribution is 6.05. The lowest BCUT2D eigenvalue weighted by atomic mass is 10.0. The van der Waals surface area contributed by atoms with Crippen LogP contribution in [0.1, 0.15) is 53.9 Å². The van der Waals surface area contributed by atoms with Crippen molar-refractivity contribution in [2.75, 3.05) is 38.2 Å². The molecule has 8 heteroatoms. The molecule has 2 atom stereocenters. The predicted molar refractivity (Wildman–Crippen MR) is 143 cm³/mol. The fourth-order valence-electron chi connectivity index (χ4n) is 3.78. The maximum absolute atomic E-state index is 13.3. The van der Waals surface area contributed by atoms with Crippen molar-refractivity contribution < 1.29 is 14.3 Å². The minimum atomic E-state index is -0.442. The molecular weight excluding hydrogens is 454 g/mol. The van der Waals surface area contributed by atoms with Crippen molar-refractivity contribution in [2.45, 2.75) is 32.4 Å². The van der Waals surface area contributed by atoms with Gasteiger partial charge in [0.2, 0.25) is 0 Å². The number of nitrogens with one attached hydrogen (secondary N) is 1. The lowest BCUT2D eigenvalue weighted by molar-refractivity contribution is 0.0482. The standard InChI is InChI=1S/C28H35N5O3/c1-5-26(21-12-14-22(15-13-21)27(34)31-25-11-7-6-10-24(25)29)36-28(35)33(18-17-32(3)4)20(2)23-9-8-16-30-19-23/h6-16,19-20,26H,5,17-18,29H2,1-4H3,(H,31,34)/t20?,26-/m0/s1. The van der Waals surface area contributed by atoms with Gasteiger partial charge in [-0.05, 0) is 68.9 Å². The molecule has 3 rings (SSSR count). The zero-order valence-electron chi connectivity index (χ0n) is 21.3. The van der Waals surface area contributed by atoms with E-state index in [9.17, 15) is 9.59 Å². The zero-order valence-corrected chi connectivity index (χ0v) is 21.3. The van der Waals surface area contributed by atoms with Crippen LogP contribution in [0.5, 0.6) is 0 Å². The molecule has 1 heterocycles. The van der Waals surface area contributed by atoms with Crippen molar-refractivity contribution in [2.24, 2.45) is 0 Å². The van der Waals surface area contributed by atoms with E-state index in [0.717, 1.165) is 11.1 Å². The average Bonchev–Trinajstić information content (AvgIpc) is 2.89. The Kier molecular flexibility index (Phi) is 9.41. The van der Waals surface area contributed by atoms with E-state index in [4.69, 9.17) is 10.5 Å². The maximum atomic E-state index is 13.3. The van der Waals surface area contributed by atoms with Crippen LogP contribution in [0.2, 0.25) is 0 Å². The van der Waals surface area contributed by atoms with Crippen LogP contribution in [-0.2, 0) is 4.74 Å². The number of amides is 2. The van der Waals surface area contributed by atoms with Crippen LogP contribution in [0, 0.1) is 0 Å². The van der Waals surface area contributed by atoms with E-state index in [1.54, 1.807) is 41.6 Å². The number of carbonyl (C=O) groups excluding carboxylic acids is 2. The predicted octanol–water partition coefficient (Wildman–Crippen LogP) is 5.13. The summed E-state index contributed by atoms with van der Waals surface area (Å²) in [6.45, 7) is 5.15. The molecule has 0 aliphatic rings. The number of nitrogen functional groups attached to an aromatic ring is 1. The summed E-state index contributed by atoms with van der Waals surface area (Å²) < 4.78 is 5.97. The number of carbonyl (C=O) groups is 2. The summed E-state index contributed by atoms with van der Waals surface area (Å²) >= 11 is 0. The van der Waals surface area contributed by atoms with Gasteiger partial charge in [0.1, 0.15) is 6.10 Å². The Morgan fingerprint density at radius 1 is 1.00 bits per heavy atom. The first-order valence-electron chi connectivity index (χ1n) is 12.1. The van der Waals surface area contributed by atoms with Crippen molar-refractivity contribution in [3.05, 3.63) is 89.7 Å². The third kappa shape index (κ3) is 7.05. The van der Waals surface area contributed by atoms with Gasteiger partial charge in [-0.3, -0.25) is 9.78 Å². The van der Waals surface area contributed by atoms with Gasteiger partial charge >= 0.3 is 6.09 Å². The van der Waals surface area contributed by atoms with E-state index in [-0.39, 0.29) is 18.0 Å². The Morgan fingerprint density at radius 3 is 2.33 bits per heavy atom. The highest BCUT2D eigenvalue weighted by Crippen LogP contribution is 2.26. The van der Waals surface area contributed by atoms with Gasteiger partial charge in [0.25, 0.3) is 5.91 Å². The molecule has 2 amide bonds. The second kappa shape index (κ2) is 12.7. The Balaban J connectivity index is 1.71. The minimum absolute atomic E-state index is 0.194. The van der Waals surface area contributed by atoms with E-state index in [0.29, 0.717) is 36.4 Å². The lowest BCUT2D eigenvalue weighted by Gasteiger charge is -2.31. The molecule has 0 aliphatic carbocycles. The normalized spacial score (nSPS) is 12.6. The largest absolute Gasteiger partial charge is 0.441 e. The number of aromatic nitrogens is 1. The van der Waals surface area contributed by atoms with Crippen molar-refractivity contribution in [1.29, 1.82) is 0 Å². The summed E-state index contributed by atoms with van der Waals surface area (Å²) in [7, 11) is 3.94. The van der Waals surface area contributed by atoms with Crippen LogP contribution >= 0.6 is 0 Å². The van der Waals surface area contributed by atoms with E-state index in [1.165, 1.54) is 0 Å². The molecule has 190 valence electrons. The van der Waals surface area contributed by atoms with Crippen LogP contribution in [0.15, 0.2) is 73.1 Å². The first kappa shape index (κ1) is 26.7. The number of anilines is 2. The molecule has 36 heavy (non-hydrogen) atoms. The van der Waals surface area contributed by atoms with Crippen LogP contribution in [0.25, 0.3) is 0 Å². The molecule has 0 spiro atoms. The summed E-state index contributed by atoms with van der Waals surface area (Å²) in [5.41, 5.74) is 9.23. The highest BCUT2D eigenvalue weighted by Gasteiger charge is 2.26. The Hall–Kier alpha value is -3.91. The van der Waals surface area contributed by atoms with Crippen LogP contribution in [-0.4, -0.2) is 54.0 Å². The minimum Gasteiger partial charge on any atom is -0.441 e. The first-order chi connectivity index (χ1) is 17.3. The average molecular weight is 490 g/mol. The summed E-state index contributed by atoms with van der Waals surface area (Å²) in [6, 6.07) is 17.8. The topological polar surface area (TPSA) is 101 Å². The van der Waals surface area contributed by atoms with Crippen molar-refractivity contribution >= 4 is 23.4 Å². The van der Waals surface area contributed by atoms with Crippen LogP contribution < -0.4 is 11.1 Å². The number of nitrogens with two attached hydrogens (primary N) is 1. The van der Waals surface area contributed by atoms with Gasteiger partial charge in [0.05, 0.1) is 17.4 Å². The van der Waals surface area contributed by atoms with Gasteiger partial charge in [-0.2, -0.15) is 0 Å². The molecule has 1 unspecified atom stereocenters. The van der Waals surface area contributed by atoms with Gasteiger partial charge in [-0.25, -0.2) is 4.79 Å². The second-order valence-electron chi connectivity index (χ2n) is 8.90. The van der Waals surface area contributed by atoms with Gasteiger partial charge in [-0.1, -0.05) is 37.3 Å². The second-order valence-corrected chi connectivity index (χ2v) is 8.90. The fraction of sp³-hybridized carbons (Fsp3) is 0.321. The van der Waals surface area contributed by atoms with Crippen LogP contribution in [0.3, 0.4) is 0 Å². The monoisotopic (exact) mass is 489 g/mol. The number of benzene rings is 2. The third-order valence-electron chi connectivity index (χ3n) is 6.02. The molecule has 2 aromatic carbocycles.